The second-order valence-electron chi connectivity index (χ2n) is 2.29. The van der Waals surface area contributed by atoms with Crippen molar-refractivity contribution >= 4 is 5.84 Å². The van der Waals surface area contributed by atoms with E-state index >= 15 is 0 Å². The average molecular weight is 171 g/mol. The molecule has 0 aromatic rings. The summed E-state index contributed by atoms with van der Waals surface area (Å²) in [4.78, 5) is 1.93. The highest BCUT2D eigenvalue weighted by atomic mass is 19.2. The maximum Gasteiger partial charge on any atom is 0.155 e. The zero-order valence-electron chi connectivity index (χ0n) is 7.21. The summed E-state index contributed by atoms with van der Waals surface area (Å²) in [6.07, 6.45) is 4.15. The van der Waals surface area contributed by atoms with Gasteiger partial charge in [0.05, 0.1) is 6.20 Å². The van der Waals surface area contributed by atoms with E-state index < -0.39 is 0 Å². The molecule has 1 rings (SSSR count). The minimum atomic E-state index is 0.146. The van der Waals surface area contributed by atoms with Gasteiger partial charge in [0.15, 0.2) is 5.84 Å². The highest BCUT2D eigenvalue weighted by Crippen LogP contribution is 1.99. The molecule has 12 heavy (non-hydrogen) atoms. The number of nitrogens with zero attached hydrogens (tertiary/aromatic N) is 3. The van der Waals surface area contributed by atoms with Gasteiger partial charge in [0.1, 0.15) is 0 Å². The van der Waals surface area contributed by atoms with E-state index in [1.165, 1.54) is 0 Å². The number of amidine groups is 1. The number of hydrogen-bond donors (Lipinski definition) is 1. The highest BCUT2D eigenvalue weighted by molar-refractivity contribution is 5.92. The van der Waals surface area contributed by atoms with Crippen LogP contribution in [0.3, 0.4) is 0 Å². The fourth-order valence-corrected chi connectivity index (χ4v) is 0.996. The Labute approximate surface area is 71.2 Å². The van der Waals surface area contributed by atoms with E-state index in [0.717, 1.165) is 13.1 Å². The first-order valence-electron chi connectivity index (χ1n) is 3.91. The summed E-state index contributed by atoms with van der Waals surface area (Å²) in [7, 11) is 0. The summed E-state index contributed by atoms with van der Waals surface area (Å²) >= 11 is 0. The van der Waals surface area contributed by atoms with Crippen LogP contribution in [0.2, 0.25) is 0 Å². The molecule has 0 aromatic heterocycles. The minimum absolute atomic E-state index is 0.146. The number of halogens is 1. The second kappa shape index (κ2) is 3.94. The summed E-state index contributed by atoms with van der Waals surface area (Å²) in [6, 6.07) is 0. The first kappa shape index (κ1) is 8.83. The number of nitrogens with one attached hydrogen (secondary N) is 1. The quantitative estimate of drug-likeness (QED) is 0.619. The maximum atomic E-state index is 12.5. The summed E-state index contributed by atoms with van der Waals surface area (Å²) < 4.78 is 12.5. The molecule has 0 fully saturated rings. The first-order valence-corrected chi connectivity index (χ1v) is 3.91. The van der Waals surface area contributed by atoms with Crippen LogP contribution in [0, 0.1) is 6.20 Å². The molecule has 0 aromatic carbocycles. The summed E-state index contributed by atoms with van der Waals surface area (Å²) in [5.41, 5.74) is 2.16. The van der Waals surface area contributed by atoms with Gasteiger partial charge in [0.2, 0.25) is 0 Å². The highest BCUT2D eigenvalue weighted by Gasteiger charge is 2.09. The third kappa shape index (κ3) is 1.87. The molecule has 0 bridgehead atoms. The van der Waals surface area contributed by atoms with Crippen molar-refractivity contribution in [2.24, 2.45) is 5.10 Å². The molecule has 0 spiro atoms. The van der Waals surface area contributed by atoms with E-state index in [0.29, 0.717) is 5.84 Å². The smallest absolute Gasteiger partial charge is 0.155 e. The zero-order chi connectivity index (χ0) is 8.97. The van der Waals surface area contributed by atoms with Crippen LogP contribution in [0.1, 0.15) is 13.8 Å². The van der Waals surface area contributed by atoms with E-state index in [9.17, 15) is 4.48 Å². The molecule has 0 unspecified atom stereocenters. The predicted molar refractivity (Wildman–Crippen MR) is 44.3 cm³/mol. The van der Waals surface area contributed by atoms with Gasteiger partial charge in [-0.2, -0.15) is 0 Å². The Morgan fingerprint density at radius 3 is 2.83 bits per heavy atom. The van der Waals surface area contributed by atoms with Gasteiger partial charge in [-0.3, -0.25) is 5.43 Å². The van der Waals surface area contributed by atoms with Crippen molar-refractivity contribution in [1.29, 1.82) is 0 Å². The predicted octanol–water partition coefficient (Wildman–Crippen LogP) is 0.663. The first-order chi connectivity index (χ1) is 5.77. The van der Waals surface area contributed by atoms with Crippen LogP contribution >= 0.6 is 0 Å². The van der Waals surface area contributed by atoms with E-state index in [2.05, 4.69) is 16.7 Å². The molecular weight excluding hydrogens is 159 g/mol. The molecule has 0 atom stereocenters. The molecule has 1 aliphatic heterocycles. The summed E-state index contributed by atoms with van der Waals surface area (Å²) in [5.74, 6) is 0.584. The van der Waals surface area contributed by atoms with E-state index in [-0.39, 0.29) is 5.34 Å². The molecule has 0 aliphatic carbocycles. The lowest BCUT2D eigenvalue weighted by Gasteiger charge is -2.23. The van der Waals surface area contributed by atoms with Crippen molar-refractivity contribution in [2.45, 2.75) is 13.8 Å². The van der Waals surface area contributed by atoms with Gasteiger partial charge in [-0.25, -0.2) is 0 Å². The number of hydrazine groups is 1. The Bertz CT molecular complexity index is 198. The van der Waals surface area contributed by atoms with Crippen molar-refractivity contribution < 1.29 is 4.48 Å². The van der Waals surface area contributed by atoms with Crippen LogP contribution in [0.4, 0.5) is 4.48 Å². The number of likely N-dealkylation sites (N-methyl/N-ethyl adjacent to an activating group) is 1. The van der Waals surface area contributed by atoms with Crippen LogP contribution in [0.15, 0.2) is 11.2 Å². The fraction of sp³-hybridized carbons (Fsp3) is 0.571. The van der Waals surface area contributed by atoms with Crippen molar-refractivity contribution in [2.75, 3.05) is 13.1 Å². The van der Waals surface area contributed by atoms with Crippen LogP contribution in [0.5, 0.6) is 0 Å². The Hall–Kier alpha value is -1.26. The molecule has 0 amide bonds. The summed E-state index contributed by atoms with van der Waals surface area (Å²) in [6.45, 7) is 5.59. The van der Waals surface area contributed by atoms with Crippen molar-refractivity contribution in [3.63, 3.8) is 0 Å². The molecule has 1 radical (unpaired) electrons. The van der Waals surface area contributed by atoms with Gasteiger partial charge in [0.25, 0.3) is 0 Å². The number of rotatable bonds is 2. The third-order valence-corrected chi connectivity index (χ3v) is 1.64. The molecular formula is C7H12FN4. The van der Waals surface area contributed by atoms with Crippen LogP contribution in [-0.2, 0) is 0 Å². The second-order valence-corrected chi connectivity index (χ2v) is 2.29. The lowest BCUT2D eigenvalue weighted by atomic mass is 10.4. The average Bonchev–Trinajstić information content (AvgIpc) is 2.07. The standard InChI is InChI=1S/C7H12FN4/c1-3-11(4-2)7-5-6-9-12(8)10-7/h5,9H,3-4H2,1-2H3. The van der Waals surface area contributed by atoms with Crippen molar-refractivity contribution in [3.05, 3.63) is 12.3 Å². The monoisotopic (exact) mass is 171 g/mol. The van der Waals surface area contributed by atoms with E-state index in [1.807, 2.05) is 18.7 Å². The Balaban J connectivity index is 2.65. The van der Waals surface area contributed by atoms with Gasteiger partial charge in [-0.15, -0.1) is 5.10 Å². The lowest BCUT2D eigenvalue weighted by Crippen LogP contribution is -2.36. The zero-order valence-corrected chi connectivity index (χ0v) is 7.21. The fourth-order valence-electron chi connectivity index (χ4n) is 0.996. The maximum absolute atomic E-state index is 12.5. The van der Waals surface area contributed by atoms with Crippen LogP contribution in [-0.4, -0.2) is 29.2 Å². The Morgan fingerprint density at radius 2 is 2.33 bits per heavy atom. The van der Waals surface area contributed by atoms with Crippen molar-refractivity contribution in [1.82, 2.24) is 15.7 Å². The lowest BCUT2D eigenvalue weighted by molar-refractivity contribution is -0.0188. The molecule has 67 valence electrons. The van der Waals surface area contributed by atoms with Gasteiger partial charge in [-0.1, -0.05) is 4.48 Å². The number of hydrazone groups is 1. The van der Waals surface area contributed by atoms with Gasteiger partial charge in [0, 0.05) is 19.2 Å². The number of hydrogen-bond acceptors (Lipinski definition) is 4. The largest absolute Gasteiger partial charge is 0.356 e. The summed E-state index contributed by atoms with van der Waals surface area (Å²) in [5, 5.41) is 3.75. The SMILES string of the molecule is CCN(CC)C1=NN(F)N[C]=C1. The third-order valence-electron chi connectivity index (χ3n) is 1.64. The van der Waals surface area contributed by atoms with E-state index in [4.69, 9.17) is 0 Å². The molecule has 0 saturated carbocycles. The van der Waals surface area contributed by atoms with Crippen LogP contribution < -0.4 is 5.43 Å². The topological polar surface area (TPSA) is 30.9 Å². The van der Waals surface area contributed by atoms with Crippen LogP contribution in [0.25, 0.3) is 0 Å². The molecule has 1 N–H and O–H groups in total. The molecule has 5 heteroatoms. The van der Waals surface area contributed by atoms with Gasteiger partial charge >= 0.3 is 0 Å². The molecule has 0 saturated heterocycles. The Morgan fingerprint density at radius 1 is 1.67 bits per heavy atom. The van der Waals surface area contributed by atoms with Crippen molar-refractivity contribution in [3.8, 4) is 0 Å². The van der Waals surface area contributed by atoms with Gasteiger partial charge in [-0.05, 0) is 19.2 Å². The Kier molecular flexibility index (Phi) is 2.90. The molecule has 1 heterocycles. The minimum Gasteiger partial charge on any atom is -0.356 e. The normalized spacial score (nSPS) is 15.6. The molecule has 1 aliphatic rings. The molecule has 4 nitrogen and oxygen atoms in total. The van der Waals surface area contributed by atoms with Gasteiger partial charge < -0.3 is 4.90 Å². The van der Waals surface area contributed by atoms with E-state index in [1.54, 1.807) is 6.08 Å².